The molecular formula is C34H40F2IN3O3. The zero-order valence-corrected chi connectivity index (χ0v) is 27.1. The largest absolute Gasteiger partial charge is 0.390 e. The minimum atomic E-state index is -1.17. The fourth-order valence-electron chi connectivity index (χ4n) is 5.75. The highest BCUT2D eigenvalue weighted by Gasteiger charge is 2.52. The van der Waals surface area contributed by atoms with Crippen LogP contribution in [0.2, 0.25) is 0 Å². The Labute approximate surface area is 266 Å². The van der Waals surface area contributed by atoms with Crippen molar-refractivity contribution in [2.45, 2.75) is 70.6 Å². The average molecular weight is 704 g/mol. The molecule has 1 fully saturated rings. The molecule has 230 valence electrons. The Morgan fingerprint density at radius 2 is 1.56 bits per heavy atom. The fraction of sp³-hybridized carbons (Fsp3) is 0.412. The van der Waals surface area contributed by atoms with E-state index in [-0.39, 0.29) is 24.8 Å². The zero-order valence-electron chi connectivity index (χ0n) is 25.0. The summed E-state index contributed by atoms with van der Waals surface area (Å²) in [5, 5.41) is 11.3. The molecule has 6 nitrogen and oxygen atoms in total. The van der Waals surface area contributed by atoms with E-state index >= 15 is 0 Å². The number of benzene rings is 3. The predicted molar refractivity (Wildman–Crippen MR) is 173 cm³/mol. The number of aliphatic hydroxyl groups is 1. The predicted octanol–water partition coefficient (Wildman–Crippen LogP) is 6.20. The van der Waals surface area contributed by atoms with Crippen LogP contribution >= 0.6 is 22.6 Å². The number of nitrogens with zero attached hydrogens (tertiary/aromatic N) is 2. The molecule has 0 unspecified atom stereocenters. The van der Waals surface area contributed by atoms with E-state index in [4.69, 9.17) is 5.73 Å². The third-order valence-corrected chi connectivity index (χ3v) is 8.62. The second-order valence-corrected chi connectivity index (χ2v) is 12.8. The average Bonchev–Trinajstić information content (AvgIpc) is 3.76. The summed E-state index contributed by atoms with van der Waals surface area (Å²) in [6.45, 7) is 7.09. The van der Waals surface area contributed by atoms with Gasteiger partial charge in [0.2, 0.25) is 0 Å². The summed E-state index contributed by atoms with van der Waals surface area (Å²) in [6.07, 6.45) is 1.92. The molecule has 3 aromatic rings. The maximum Gasteiger partial charge on any atom is 0.254 e. The molecule has 9 heteroatoms. The van der Waals surface area contributed by atoms with E-state index in [0.717, 1.165) is 33.6 Å². The van der Waals surface area contributed by atoms with Crippen molar-refractivity contribution in [3.8, 4) is 0 Å². The molecule has 0 heterocycles. The standard InChI is InChI=1S/C34H40F2IN3O3/c1-4-11-39(12-5-2)32(42)24-13-22(3)14-25(18-24)33(43)40(34(9-10-34)26-7-6-8-29(37)19-26)21-31(41)30(38)17-23-15-27(35)20-28(36)16-23/h6-8,13-16,18-20,30-31,41H,4-5,9-12,17,21,38H2,1-3H3/t30-,31+/m0/s1. The van der Waals surface area contributed by atoms with Gasteiger partial charge in [0.15, 0.2) is 0 Å². The van der Waals surface area contributed by atoms with Crippen molar-refractivity contribution >= 4 is 34.4 Å². The van der Waals surface area contributed by atoms with Crippen molar-refractivity contribution in [2.75, 3.05) is 19.6 Å². The molecule has 1 aliphatic rings. The molecule has 0 spiro atoms. The maximum atomic E-state index is 14.4. The Kier molecular flexibility index (Phi) is 10.9. The van der Waals surface area contributed by atoms with E-state index in [1.807, 2.05) is 49.9 Å². The smallest absolute Gasteiger partial charge is 0.254 e. The molecule has 2 atom stereocenters. The van der Waals surface area contributed by atoms with Crippen molar-refractivity contribution in [2.24, 2.45) is 5.73 Å². The van der Waals surface area contributed by atoms with Crippen LogP contribution in [0.25, 0.3) is 0 Å². The molecule has 0 bridgehead atoms. The van der Waals surface area contributed by atoms with Gasteiger partial charge in [0.05, 0.1) is 11.6 Å². The maximum absolute atomic E-state index is 14.4. The van der Waals surface area contributed by atoms with Crippen LogP contribution in [-0.2, 0) is 12.0 Å². The van der Waals surface area contributed by atoms with Crippen LogP contribution in [0.1, 0.15) is 76.9 Å². The van der Waals surface area contributed by atoms with E-state index in [1.165, 1.54) is 12.1 Å². The lowest BCUT2D eigenvalue weighted by atomic mass is 9.97. The van der Waals surface area contributed by atoms with Crippen molar-refractivity contribution < 1.29 is 23.5 Å². The molecule has 0 aromatic heterocycles. The highest BCUT2D eigenvalue weighted by Crippen LogP contribution is 2.52. The number of aryl methyl sites for hydroxylation is 1. The van der Waals surface area contributed by atoms with Gasteiger partial charge in [-0.15, -0.1) is 0 Å². The first-order chi connectivity index (χ1) is 20.5. The van der Waals surface area contributed by atoms with Gasteiger partial charge in [-0.25, -0.2) is 8.78 Å². The molecule has 3 aromatic carbocycles. The van der Waals surface area contributed by atoms with Crippen LogP contribution < -0.4 is 5.73 Å². The Bertz CT molecular complexity index is 1440. The summed E-state index contributed by atoms with van der Waals surface area (Å²) >= 11 is 2.24. The lowest BCUT2D eigenvalue weighted by Crippen LogP contribution is -2.50. The van der Waals surface area contributed by atoms with Gasteiger partial charge >= 0.3 is 0 Å². The summed E-state index contributed by atoms with van der Waals surface area (Å²) in [6, 6.07) is 15.5. The number of aliphatic hydroxyl groups excluding tert-OH is 1. The van der Waals surface area contributed by atoms with Crippen molar-refractivity contribution in [3.63, 3.8) is 0 Å². The van der Waals surface area contributed by atoms with E-state index < -0.39 is 29.3 Å². The second kappa shape index (κ2) is 14.3. The van der Waals surface area contributed by atoms with E-state index in [9.17, 15) is 23.5 Å². The van der Waals surface area contributed by atoms with Gasteiger partial charge in [-0.1, -0.05) is 26.0 Å². The topological polar surface area (TPSA) is 86.9 Å². The summed E-state index contributed by atoms with van der Waals surface area (Å²) < 4.78 is 28.6. The van der Waals surface area contributed by atoms with Gasteiger partial charge in [-0.2, -0.15) is 0 Å². The van der Waals surface area contributed by atoms with Crippen molar-refractivity contribution in [1.82, 2.24) is 9.80 Å². The van der Waals surface area contributed by atoms with Gasteiger partial charge < -0.3 is 20.6 Å². The summed E-state index contributed by atoms with van der Waals surface area (Å²) in [7, 11) is 0. The molecule has 0 aliphatic heterocycles. The zero-order chi connectivity index (χ0) is 31.3. The van der Waals surface area contributed by atoms with E-state index in [1.54, 1.807) is 23.1 Å². The third kappa shape index (κ3) is 7.99. The number of carbonyl (C=O) groups is 2. The number of amides is 2. The molecule has 4 rings (SSSR count). The number of rotatable bonds is 13. The number of carbonyl (C=O) groups excluding carboxylic acids is 2. The van der Waals surface area contributed by atoms with Gasteiger partial charge in [0.1, 0.15) is 11.6 Å². The van der Waals surface area contributed by atoms with Gasteiger partial charge in [0.25, 0.3) is 11.8 Å². The molecule has 2 amide bonds. The number of nitrogens with two attached hydrogens (primary N) is 1. The molecule has 1 aliphatic carbocycles. The number of halogens is 3. The van der Waals surface area contributed by atoms with Crippen molar-refractivity contribution in [1.29, 1.82) is 0 Å². The van der Waals surface area contributed by atoms with Crippen LogP contribution in [0.5, 0.6) is 0 Å². The first kappa shape index (κ1) is 33.0. The highest BCUT2D eigenvalue weighted by atomic mass is 127. The van der Waals surface area contributed by atoms with Crippen LogP contribution in [0, 0.1) is 22.1 Å². The van der Waals surface area contributed by atoms with Gasteiger partial charge in [-0.05, 0) is 121 Å². The SMILES string of the molecule is CCCN(CCC)C(=O)c1cc(C)cc(C(=O)N(C[C@@H](O)[C@@H](N)Cc2cc(F)cc(F)c2)C2(c3cccc(I)c3)CC2)c1. The monoisotopic (exact) mass is 703 g/mol. The summed E-state index contributed by atoms with van der Waals surface area (Å²) in [5.74, 6) is -1.86. The Morgan fingerprint density at radius 3 is 2.12 bits per heavy atom. The Morgan fingerprint density at radius 1 is 0.953 bits per heavy atom. The minimum Gasteiger partial charge on any atom is -0.390 e. The molecular weight excluding hydrogens is 663 g/mol. The lowest BCUT2D eigenvalue weighted by Gasteiger charge is -2.36. The third-order valence-electron chi connectivity index (χ3n) is 7.95. The van der Waals surface area contributed by atoms with Crippen molar-refractivity contribution in [3.05, 3.63) is 104 Å². The van der Waals surface area contributed by atoms with E-state index in [2.05, 4.69) is 22.6 Å². The molecule has 3 N–H and O–H groups in total. The Balaban J connectivity index is 1.68. The summed E-state index contributed by atoms with van der Waals surface area (Å²) in [4.78, 5) is 31.3. The van der Waals surface area contributed by atoms with E-state index in [0.29, 0.717) is 42.6 Å². The first-order valence-electron chi connectivity index (χ1n) is 14.8. The molecule has 0 radical (unpaired) electrons. The van der Waals surface area contributed by atoms with Gasteiger partial charge in [0, 0.05) is 46.4 Å². The number of hydrogen-bond acceptors (Lipinski definition) is 4. The minimum absolute atomic E-state index is 0.0297. The highest BCUT2D eigenvalue weighted by molar-refractivity contribution is 14.1. The normalized spacial score (nSPS) is 15.1. The van der Waals surface area contributed by atoms with Crippen LogP contribution in [0.4, 0.5) is 8.78 Å². The molecule has 43 heavy (non-hydrogen) atoms. The van der Waals surface area contributed by atoms with Crippen LogP contribution in [-0.4, -0.2) is 58.5 Å². The van der Waals surface area contributed by atoms with Crippen LogP contribution in [0.3, 0.4) is 0 Å². The second-order valence-electron chi connectivity index (χ2n) is 11.6. The Hall–Kier alpha value is -2.89. The van der Waals surface area contributed by atoms with Gasteiger partial charge in [-0.3, -0.25) is 9.59 Å². The molecule has 0 saturated heterocycles. The fourth-order valence-corrected chi connectivity index (χ4v) is 6.29. The first-order valence-corrected chi connectivity index (χ1v) is 15.9. The summed E-state index contributed by atoms with van der Waals surface area (Å²) in [5.41, 5.74) is 8.60. The van der Waals surface area contributed by atoms with Crippen LogP contribution in [0.15, 0.2) is 60.7 Å². The quantitative estimate of drug-likeness (QED) is 0.208. The lowest BCUT2D eigenvalue weighted by molar-refractivity contribution is 0.0409. The number of hydrogen-bond donors (Lipinski definition) is 2. The molecule has 1 saturated carbocycles.